The summed E-state index contributed by atoms with van der Waals surface area (Å²) in [4.78, 5) is 4.24. The van der Waals surface area contributed by atoms with Crippen LogP contribution in [-0.2, 0) is 13.0 Å². The van der Waals surface area contributed by atoms with E-state index >= 15 is 0 Å². The van der Waals surface area contributed by atoms with Crippen LogP contribution in [-0.4, -0.2) is 19.3 Å². The van der Waals surface area contributed by atoms with Crippen molar-refractivity contribution in [3.8, 4) is 11.4 Å². The first-order valence-corrected chi connectivity index (χ1v) is 10.6. The molecule has 158 valence electrons. The Bertz CT molecular complexity index is 1170. The van der Waals surface area contributed by atoms with E-state index in [0.29, 0.717) is 0 Å². The summed E-state index contributed by atoms with van der Waals surface area (Å²) in [5.74, 6) is -0.235. The number of nitrogens with zero attached hydrogens (tertiary/aromatic N) is 4. The van der Waals surface area contributed by atoms with Crippen molar-refractivity contribution in [1.82, 2.24) is 24.6 Å². The fourth-order valence-electron chi connectivity index (χ4n) is 4.57. The normalized spacial score (nSPS) is 17.5. The average Bonchev–Trinajstić information content (AvgIpc) is 3.39. The van der Waals surface area contributed by atoms with Crippen molar-refractivity contribution in [2.45, 2.75) is 39.3 Å². The van der Waals surface area contributed by atoms with E-state index < -0.39 is 0 Å². The molecule has 0 bridgehead atoms. The molecule has 0 saturated carbocycles. The van der Waals surface area contributed by atoms with Crippen LogP contribution in [0.15, 0.2) is 73.3 Å². The quantitative estimate of drug-likeness (QED) is 0.499. The number of benzene rings is 1. The monoisotopic (exact) mass is 415 g/mol. The lowest BCUT2D eigenvalue weighted by Crippen LogP contribution is -2.33. The molecule has 5 nitrogen and oxygen atoms in total. The van der Waals surface area contributed by atoms with Crippen molar-refractivity contribution in [2.75, 3.05) is 0 Å². The van der Waals surface area contributed by atoms with Crippen molar-refractivity contribution in [2.24, 2.45) is 5.41 Å². The molecule has 3 aromatic heterocycles. The molecule has 3 heterocycles. The van der Waals surface area contributed by atoms with E-state index in [0.717, 1.165) is 30.8 Å². The SMILES string of the molecule is CC1(C)Cc2c(cnn2-c2ccc(F)cc2)C(NCc2cccn2-c2cccnc2)C1. The molecule has 5 rings (SSSR count). The molecule has 0 saturated heterocycles. The number of fused-ring (bicyclic) bond motifs is 1. The fraction of sp³-hybridized carbons (Fsp3) is 0.280. The van der Waals surface area contributed by atoms with Crippen LogP contribution in [0.5, 0.6) is 0 Å². The van der Waals surface area contributed by atoms with E-state index in [2.05, 4.69) is 58.2 Å². The highest BCUT2D eigenvalue weighted by Gasteiger charge is 2.35. The number of halogens is 1. The van der Waals surface area contributed by atoms with Gasteiger partial charge in [0.2, 0.25) is 0 Å². The van der Waals surface area contributed by atoms with E-state index in [1.807, 2.05) is 23.1 Å². The molecule has 0 amide bonds. The first-order chi connectivity index (χ1) is 15.0. The topological polar surface area (TPSA) is 47.7 Å². The van der Waals surface area contributed by atoms with Gasteiger partial charge in [-0.05, 0) is 66.8 Å². The molecule has 1 unspecified atom stereocenters. The van der Waals surface area contributed by atoms with Crippen LogP contribution in [0.3, 0.4) is 0 Å². The molecular weight excluding hydrogens is 389 g/mol. The summed E-state index contributed by atoms with van der Waals surface area (Å²) in [6.07, 6.45) is 9.66. The summed E-state index contributed by atoms with van der Waals surface area (Å²) in [5, 5.41) is 8.43. The van der Waals surface area contributed by atoms with Crippen LogP contribution in [0.2, 0.25) is 0 Å². The lowest BCUT2D eigenvalue weighted by Gasteiger charge is -2.36. The van der Waals surface area contributed by atoms with Gasteiger partial charge in [-0.3, -0.25) is 4.98 Å². The number of pyridine rings is 1. The Labute approximate surface area is 181 Å². The zero-order valence-corrected chi connectivity index (χ0v) is 17.8. The Kier molecular flexibility index (Phi) is 4.94. The van der Waals surface area contributed by atoms with E-state index in [-0.39, 0.29) is 17.3 Å². The van der Waals surface area contributed by atoms with Crippen molar-refractivity contribution < 1.29 is 4.39 Å². The number of hydrogen-bond acceptors (Lipinski definition) is 3. The predicted molar refractivity (Wildman–Crippen MR) is 119 cm³/mol. The van der Waals surface area contributed by atoms with Gasteiger partial charge in [0.25, 0.3) is 0 Å². The summed E-state index contributed by atoms with van der Waals surface area (Å²) in [6, 6.07) is 15.0. The van der Waals surface area contributed by atoms with Crippen molar-refractivity contribution >= 4 is 0 Å². The van der Waals surface area contributed by atoms with Gasteiger partial charge in [-0.2, -0.15) is 5.10 Å². The lowest BCUT2D eigenvalue weighted by atomic mass is 9.74. The van der Waals surface area contributed by atoms with Crippen LogP contribution in [0.25, 0.3) is 11.4 Å². The van der Waals surface area contributed by atoms with Gasteiger partial charge in [0.1, 0.15) is 5.82 Å². The van der Waals surface area contributed by atoms with E-state index in [4.69, 9.17) is 0 Å². The molecular formula is C25H26FN5. The third kappa shape index (κ3) is 3.91. The molecule has 1 aromatic carbocycles. The van der Waals surface area contributed by atoms with E-state index in [1.54, 1.807) is 18.3 Å². The Balaban J connectivity index is 1.42. The Hall–Kier alpha value is -3.25. The highest BCUT2D eigenvalue weighted by molar-refractivity contribution is 5.38. The van der Waals surface area contributed by atoms with Gasteiger partial charge in [-0.15, -0.1) is 0 Å². The summed E-state index contributed by atoms with van der Waals surface area (Å²) in [6.45, 7) is 5.33. The lowest BCUT2D eigenvalue weighted by molar-refractivity contribution is 0.252. The average molecular weight is 416 g/mol. The number of nitrogens with one attached hydrogen (secondary N) is 1. The molecule has 4 aromatic rings. The van der Waals surface area contributed by atoms with Crippen molar-refractivity contribution in [1.29, 1.82) is 0 Å². The van der Waals surface area contributed by atoms with Crippen molar-refractivity contribution in [3.05, 3.63) is 96.1 Å². The highest BCUT2D eigenvalue weighted by atomic mass is 19.1. The minimum absolute atomic E-state index is 0.133. The predicted octanol–water partition coefficient (Wildman–Crippen LogP) is 5.00. The Morgan fingerprint density at radius 3 is 2.68 bits per heavy atom. The minimum Gasteiger partial charge on any atom is -0.318 e. The van der Waals surface area contributed by atoms with Gasteiger partial charge in [-0.25, -0.2) is 9.07 Å². The molecule has 1 atom stereocenters. The summed E-state index contributed by atoms with van der Waals surface area (Å²) >= 11 is 0. The summed E-state index contributed by atoms with van der Waals surface area (Å²) in [5.41, 5.74) is 5.69. The molecule has 0 spiro atoms. The Morgan fingerprint density at radius 1 is 1.06 bits per heavy atom. The molecule has 6 heteroatoms. The second kappa shape index (κ2) is 7.78. The number of aromatic nitrogens is 4. The maximum Gasteiger partial charge on any atom is 0.123 e. The fourth-order valence-corrected chi connectivity index (χ4v) is 4.57. The molecule has 31 heavy (non-hydrogen) atoms. The van der Waals surface area contributed by atoms with Crippen LogP contribution < -0.4 is 5.32 Å². The van der Waals surface area contributed by atoms with Crippen molar-refractivity contribution in [3.63, 3.8) is 0 Å². The molecule has 0 fully saturated rings. The Morgan fingerprint density at radius 2 is 1.90 bits per heavy atom. The second-order valence-corrected chi connectivity index (χ2v) is 8.99. The third-order valence-corrected chi connectivity index (χ3v) is 6.04. The standard InChI is InChI=1S/C25H26FN5/c1-25(2)13-23(28-16-21-6-4-12-30(21)20-5-3-11-27-15-20)22-17-29-31(24(22)14-25)19-9-7-18(26)8-10-19/h3-12,15,17,23,28H,13-14,16H2,1-2H3. The molecule has 0 radical (unpaired) electrons. The van der Waals surface area contributed by atoms with Crippen LogP contribution in [0, 0.1) is 11.2 Å². The first-order valence-electron chi connectivity index (χ1n) is 10.6. The first kappa shape index (κ1) is 19.7. The summed E-state index contributed by atoms with van der Waals surface area (Å²) in [7, 11) is 0. The van der Waals surface area contributed by atoms with Gasteiger partial charge in [0.15, 0.2) is 0 Å². The number of rotatable bonds is 5. The smallest absolute Gasteiger partial charge is 0.123 e. The van der Waals surface area contributed by atoms with Crippen LogP contribution in [0.1, 0.15) is 43.3 Å². The molecule has 1 aliphatic rings. The minimum atomic E-state index is -0.235. The third-order valence-electron chi connectivity index (χ3n) is 6.04. The van der Waals surface area contributed by atoms with Gasteiger partial charge in [0.05, 0.1) is 23.8 Å². The van der Waals surface area contributed by atoms with E-state index in [9.17, 15) is 4.39 Å². The van der Waals surface area contributed by atoms with Gasteiger partial charge in [-0.1, -0.05) is 13.8 Å². The van der Waals surface area contributed by atoms with Gasteiger partial charge in [0, 0.05) is 41.9 Å². The molecule has 1 N–H and O–H groups in total. The van der Waals surface area contributed by atoms with Crippen LogP contribution >= 0.6 is 0 Å². The van der Waals surface area contributed by atoms with E-state index in [1.165, 1.54) is 29.1 Å². The van der Waals surface area contributed by atoms with Gasteiger partial charge >= 0.3 is 0 Å². The molecule has 1 aliphatic carbocycles. The largest absolute Gasteiger partial charge is 0.318 e. The van der Waals surface area contributed by atoms with Crippen LogP contribution in [0.4, 0.5) is 4.39 Å². The highest BCUT2D eigenvalue weighted by Crippen LogP contribution is 2.41. The maximum atomic E-state index is 13.4. The van der Waals surface area contributed by atoms with Gasteiger partial charge < -0.3 is 9.88 Å². The number of hydrogen-bond donors (Lipinski definition) is 1. The summed E-state index contributed by atoms with van der Waals surface area (Å²) < 4.78 is 17.5. The second-order valence-electron chi connectivity index (χ2n) is 8.99. The maximum absolute atomic E-state index is 13.4. The zero-order valence-electron chi connectivity index (χ0n) is 17.8. The zero-order chi connectivity index (χ0) is 21.4. The molecule has 0 aliphatic heterocycles.